The van der Waals surface area contributed by atoms with Crippen molar-refractivity contribution < 1.29 is 22.3 Å². The molecule has 0 bridgehead atoms. The maximum Gasteiger partial charge on any atom is 0.419 e. The molecule has 1 aliphatic heterocycles. The Morgan fingerprint density at radius 2 is 1.88 bits per heavy atom. The third kappa shape index (κ3) is 4.28. The van der Waals surface area contributed by atoms with Crippen LogP contribution in [0.1, 0.15) is 11.1 Å². The minimum atomic E-state index is -4.77. The van der Waals surface area contributed by atoms with Crippen molar-refractivity contribution in [1.29, 1.82) is 0 Å². The van der Waals surface area contributed by atoms with Gasteiger partial charge in [0.1, 0.15) is 11.5 Å². The lowest BCUT2D eigenvalue weighted by atomic mass is 10.1. The Labute approximate surface area is 191 Å². The molecule has 1 N–H and O–H groups in total. The molecule has 6 nitrogen and oxygen atoms in total. The first-order chi connectivity index (χ1) is 16.3. The van der Waals surface area contributed by atoms with Gasteiger partial charge < -0.3 is 19.2 Å². The van der Waals surface area contributed by atoms with Crippen LogP contribution in [0, 0.1) is 5.82 Å². The standard InChI is InChI=1S/C24H20F4N4O2/c25-21-9-15(1-2-20(21)24(26,27)28)14-32-4-3-16(10-22(32)33)19-13-30-23-18(19)11-17(12-29-23)31-5-7-34-8-6-31/h1-4,9-13H,5-8,14H2,(H,29,30). The van der Waals surface area contributed by atoms with E-state index < -0.39 is 17.6 Å². The van der Waals surface area contributed by atoms with Crippen molar-refractivity contribution in [2.45, 2.75) is 12.7 Å². The number of H-pyrrole nitrogens is 1. The van der Waals surface area contributed by atoms with Gasteiger partial charge in [-0.3, -0.25) is 4.79 Å². The summed E-state index contributed by atoms with van der Waals surface area (Å²) in [4.78, 5) is 22.5. The molecular weight excluding hydrogens is 452 g/mol. The molecule has 0 amide bonds. The normalized spacial score (nSPS) is 14.6. The van der Waals surface area contributed by atoms with Gasteiger partial charge in [0.25, 0.3) is 5.56 Å². The molecule has 4 heterocycles. The fourth-order valence-electron chi connectivity index (χ4n) is 4.12. The van der Waals surface area contributed by atoms with Gasteiger partial charge in [-0.1, -0.05) is 6.07 Å². The maximum atomic E-state index is 13.9. The number of ether oxygens (including phenoxy) is 1. The zero-order valence-electron chi connectivity index (χ0n) is 17.9. The second-order valence-corrected chi connectivity index (χ2v) is 8.08. The number of hydrogen-bond acceptors (Lipinski definition) is 4. The van der Waals surface area contributed by atoms with Gasteiger partial charge in [0.2, 0.25) is 0 Å². The van der Waals surface area contributed by atoms with Crippen molar-refractivity contribution >= 4 is 16.7 Å². The highest BCUT2D eigenvalue weighted by molar-refractivity contribution is 5.95. The lowest BCUT2D eigenvalue weighted by Gasteiger charge is -2.28. The Morgan fingerprint density at radius 3 is 2.59 bits per heavy atom. The lowest BCUT2D eigenvalue weighted by Crippen LogP contribution is -2.36. The molecule has 10 heteroatoms. The minimum absolute atomic E-state index is 0.0508. The van der Waals surface area contributed by atoms with E-state index in [-0.39, 0.29) is 17.7 Å². The van der Waals surface area contributed by atoms with Gasteiger partial charge in [-0.2, -0.15) is 13.2 Å². The molecule has 4 aromatic rings. The summed E-state index contributed by atoms with van der Waals surface area (Å²) >= 11 is 0. The van der Waals surface area contributed by atoms with Crippen LogP contribution in [-0.2, 0) is 17.5 Å². The van der Waals surface area contributed by atoms with E-state index in [1.165, 1.54) is 16.7 Å². The minimum Gasteiger partial charge on any atom is -0.378 e. The SMILES string of the molecule is O=c1cc(-c2c[nH]c3ncc(N4CCOCC4)cc23)ccn1Cc1ccc(C(F)(F)F)c(F)c1. The van der Waals surface area contributed by atoms with Crippen LogP contribution >= 0.6 is 0 Å². The average Bonchev–Trinajstić information content (AvgIpc) is 3.23. The topological polar surface area (TPSA) is 63.1 Å². The molecule has 0 unspecified atom stereocenters. The molecule has 1 saturated heterocycles. The zero-order valence-corrected chi connectivity index (χ0v) is 17.9. The van der Waals surface area contributed by atoms with Gasteiger partial charge in [0.05, 0.1) is 37.2 Å². The molecular formula is C24H20F4N4O2. The second kappa shape index (κ2) is 8.60. The Bertz CT molecular complexity index is 1400. The molecule has 0 saturated carbocycles. The van der Waals surface area contributed by atoms with Crippen molar-refractivity contribution in [3.63, 3.8) is 0 Å². The van der Waals surface area contributed by atoms with Crippen molar-refractivity contribution in [3.05, 3.63) is 82.3 Å². The number of aromatic nitrogens is 3. The first kappa shape index (κ1) is 22.1. The molecule has 5 rings (SSSR count). The number of pyridine rings is 2. The van der Waals surface area contributed by atoms with Crippen LogP contribution in [0.4, 0.5) is 23.2 Å². The van der Waals surface area contributed by atoms with Crippen LogP contribution in [0.15, 0.2) is 59.8 Å². The summed E-state index contributed by atoms with van der Waals surface area (Å²) in [6, 6.07) is 7.88. The number of aromatic amines is 1. The Morgan fingerprint density at radius 1 is 1.09 bits per heavy atom. The van der Waals surface area contributed by atoms with E-state index in [2.05, 4.69) is 14.9 Å². The highest BCUT2D eigenvalue weighted by atomic mass is 19.4. The first-order valence-corrected chi connectivity index (χ1v) is 10.7. The molecule has 1 aromatic carbocycles. The largest absolute Gasteiger partial charge is 0.419 e. The van der Waals surface area contributed by atoms with Crippen LogP contribution in [0.25, 0.3) is 22.2 Å². The maximum absolute atomic E-state index is 13.9. The monoisotopic (exact) mass is 472 g/mol. The smallest absolute Gasteiger partial charge is 0.378 e. The van der Waals surface area contributed by atoms with E-state index >= 15 is 0 Å². The predicted molar refractivity (Wildman–Crippen MR) is 119 cm³/mol. The Kier molecular flexibility index (Phi) is 5.60. The molecule has 0 spiro atoms. The van der Waals surface area contributed by atoms with Gasteiger partial charge >= 0.3 is 6.18 Å². The number of morpholine rings is 1. The number of rotatable bonds is 4. The summed E-state index contributed by atoms with van der Waals surface area (Å²) < 4.78 is 59.0. The van der Waals surface area contributed by atoms with Gasteiger partial charge in [-0.25, -0.2) is 9.37 Å². The molecule has 3 aromatic heterocycles. The van der Waals surface area contributed by atoms with Crippen LogP contribution < -0.4 is 10.5 Å². The molecule has 0 atom stereocenters. The first-order valence-electron chi connectivity index (χ1n) is 10.7. The lowest BCUT2D eigenvalue weighted by molar-refractivity contribution is -0.140. The number of nitrogens with one attached hydrogen (secondary N) is 1. The molecule has 34 heavy (non-hydrogen) atoms. The van der Waals surface area contributed by atoms with Crippen molar-refractivity contribution in [1.82, 2.24) is 14.5 Å². The van der Waals surface area contributed by atoms with Crippen LogP contribution in [0.2, 0.25) is 0 Å². The van der Waals surface area contributed by atoms with E-state index in [1.54, 1.807) is 24.7 Å². The summed E-state index contributed by atoms with van der Waals surface area (Å²) in [6.07, 6.45) is 0.364. The average molecular weight is 472 g/mol. The number of fused-ring (bicyclic) bond motifs is 1. The Balaban J connectivity index is 1.43. The molecule has 1 aliphatic rings. The van der Waals surface area contributed by atoms with E-state index in [9.17, 15) is 22.4 Å². The van der Waals surface area contributed by atoms with Crippen LogP contribution in [0.5, 0.6) is 0 Å². The van der Waals surface area contributed by atoms with Crippen molar-refractivity contribution in [3.8, 4) is 11.1 Å². The van der Waals surface area contributed by atoms with E-state index in [4.69, 9.17) is 4.74 Å². The number of alkyl halides is 3. The highest BCUT2D eigenvalue weighted by Gasteiger charge is 2.33. The summed E-state index contributed by atoms with van der Waals surface area (Å²) in [5.41, 5.74) is 1.71. The van der Waals surface area contributed by atoms with Crippen LogP contribution in [-0.4, -0.2) is 40.8 Å². The predicted octanol–water partition coefficient (Wildman–Crippen LogP) is 4.43. The number of nitrogens with zero attached hydrogens (tertiary/aromatic N) is 3. The van der Waals surface area contributed by atoms with Gasteiger partial charge in [0.15, 0.2) is 0 Å². The zero-order chi connectivity index (χ0) is 23.9. The Hall–Kier alpha value is -3.66. The van der Waals surface area contributed by atoms with E-state index in [0.717, 1.165) is 35.8 Å². The third-order valence-electron chi connectivity index (χ3n) is 5.89. The molecule has 0 aliphatic carbocycles. The van der Waals surface area contributed by atoms with Gasteiger partial charge in [-0.15, -0.1) is 0 Å². The number of hydrogen-bond donors (Lipinski definition) is 1. The van der Waals surface area contributed by atoms with E-state index in [1.807, 2.05) is 6.07 Å². The van der Waals surface area contributed by atoms with Gasteiger partial charge in [0, 0.05) is 42.5 Å². The van der Waals surface area contributed by atoms with Crippen LogP contribution in [0.3, 0.4) is 0 Å². The molecule has 176 valence electrons. The highest BCUT2D eigenvalue weighted by Crippen LogP contribution is 2.32. The van der Waals surface area contributed by atoms with Gasteiger partial charge in [-0.05, 0) is 35.4 Å². The third-order valence-corrected chi connectivity index (χ3v) is 5.89. The van der Waals surface area contributed by atoms with Crippen molar-refractivity contribution in [2.24, 2.45) is 0 Å². The second-order valence-electron chi connectivity index (χ2n) is 8.08. The fourth-order valence-corrected chi connectivity index (χ4v) is 4.12. The van der Waals surface area contributed by atoms with Crippen molar-refractivity contribution in [2.75, 3.05) is 31.2 Å². The number of anilines is 1. The fraction of sp³-hybridized carbons (Fsp3) is 0.250. The van der Waals surface area contributed by atoms with E-state index in [0.29, 0.717) is 30.5 Å². The molecule has 1 fully saturated rings. The number of halogens is 4. The summed E-state index contributed by atoms with van der Waals surface area (Å²) in [7, 11) is 0. The molecule has 0 radical (unpaired) electrons. The number of benzene rings is 1. The summed E-state index contributed by atoms with van der Waals surface area (Å²) in [5, 5.41) is 0.867. The summed E-state index contributed by atoms with van der Waals surface area (Å²) in [6.45, 7) is 2.80. The quantitative estimate of drug-likeness (QED) is 0.447. The summed E-state index contributed by atoms with van der Waals surface area (Å²) in [5.74, 6) is -1.36.